The van der Waals surface area contributed by atoms with Gasteiger partial charge in [-0.15, -0.1) is 0 Å². The number of halogens is 1. The fraction of sp³-hybridized carbons (Fsp3) is 0.188. The maximum Gasteiger partial charge on any atom is 0.202 e. The number of carbonyl (C=O) groups excluding carboxylic acids is 1. The van der Waals surface area contributed by atoms with Crippen molar-refractivity contribution in [2.45, 2.75) is 13.0 Å². The Morgan fingerprint density at radius 2 is 1.80 bits per heavy atom. The molecular weight excluding hydrogens is 259 g/mol. The molecule has 0 saturated carbocycles. The van der Waals surface area contributed by atoms with Crippen LogP contribution in [0.1, 0.15) is 17.3 Å². The number of methoxy groups -OCH3 is 1. The minimum Gasteiger partial charge on any atom is -0.497 e. The lowest BCUT2D eigenvalue weighted by molar-refractivity contribution is 0.0817. The van der Waals surface area contributed by atoms with Gasteiger partial charge in [-0.3, -0.25) is 4.79 Å². The molecule has 0 heterocycles. The van der Waals surface area contributed by atoms with E-state index in [-0.39, 0.29) is 5.78 Å². The van der Waals surface area contributed by atoms with E-state index in [1.165, 1.54) is 18.2 Å². The van der Waals surface area contributed by atoms with Crippen LogP contribution in [0.3, 0.4) is 0 Å². The van der Waals surface area contributed by atoms with E-state index >= 15 is 0 Å². The fourth-order valence-corrected chi connectivity index (χ4v) is 1.79. The smallest absolute Gasteiger partial charge is 0.202 e. The van der Waals surface area contributed by atoms with Crippen molar-refractivity contribution < 1.29 is 18.7 Å². The highest BCUT2D eigenvalue weighted by Gasteiger charge is 2.17. The first-order valence-electron chi connectivity index (χ1n) is 6.20. The third-order valence-electron chi connectivity index (χ3n) is 2.85. The maximum absolute atomic E-state index is 13.0. The first kappa shape index (κ1) is 14.1. The molecule has 1 unspecified atom stereocenters. The molecule has 0 aliphatic carbocycles. The van der Waals surface area contributed by atoms with E-state index in [2.05, 4.69) is 0 Å². The van der Waals surface area contributed by atoms with Crippen molar-refractivity contribution in [1.82, 2.24) is 0 Å². The number of hydrogen-bond donors (Lipinski definition) is 0. The second-order valence-electron chi connectivity index (χ2n) is 4.31. The maximum atomic E-state index is 13.0. The molecular formula is C16H15FO3. The van der Waals surface area contributed by atoms with Crippen molar-refractivity contribution in [3.63, 3.8) is 0 Å². The van der Waals surface area contributed by atoms with Crippen molar-refractivity contribution in [2.24, 2.45) is 0 Å². The van der Waals surface area contributed by atoms with Gasteiger partial charge >= 0.3 is 0 Å². The van der Waals surface area contributed by atoms with Gasteiger partial charge in [0.05, 0.1) is 7.11 Å². The predicted molar refractivity (Wildman–Crippen MR) is 73.8 cm³/mol. The molecule has 3 nitrogen and oxygen atoms in total. The Morgan fingerprint density at radius 3 is 2.40 bits per heavy atom. The second-order valence-corrected chi connectivity index (χ2v) is 4.31. The highest BCUT2D eigenvalue weighted by molar-refractivity contribution is 5.99. The fourth-order valence-electron chi connectivity index (χ4n) is 1.79. The van der Waals surface area contributed by atoms with Crippen molar-refractivity contribution in [2.75, 3.05) is 7.11 Å². The van der Waals surface area contributed by atoms with E-state index in [4.69, 9.17) is 9.47 Å². The van der Waals surface area contributed by atoms with E-state index in [0.717, 1.165) is 0 Å². The molecule has 1 atom stereocenters. The number of Topliss-reactive ketones (excluding diaryl/α,β-unsaturated/α-hetero) is 1. The molecule has 0 aliphatic heterocycles. The lowest BCUT2D eigenvalue weighted by Crippen LogP contribution is -2.23. The average molecular weight is 274 g/mol. The predicted octanol–water partition coefficient (Wildman–Crippen LogP) is 3.48. The van der Waals surface area contributed by atoms with Crippen LogP contribution in [0.4, 0.5) is 4.39 Å². The molecule has 104 valence electrons. The zero-order chi connectivity index (χ0) is 14.5. The van der Waals surface area contributed by atoms with Gasteiger partial charge in [0.1, 0.15) is 17.3 Å². The normalized spacial score (nSPS) is 11.8. The molecule has 0 aromatic heterocycles. The van der Waals surface area contributed by atoms with Crippen molar-refractivity contribution in [1.29, 1.82) is 0 Å². The Hall–Kier alpha value is -2.36. The van der Waals surface area contributed by atoms with E-state index in [0.29, 0.717) is 17.1 Å². The number of ether oxygens (including phenoxy) is 2. The molecule has 0 fully saturated rings. The summed E-state index contributed by atoms with van der Waals surface area (Å²) in [5.41, 5.74) is 0.523. The zero-order valence-corrected chi connectivity index (χ0v) is 11.3. The van der Waals surface area contributed by atoms with Gasteiger partial charge in [-0.2, -0.15) is 0 Å². The van der Waals surface area contributed by atoms with Crippen LogP contribution in [0.2, 0.25) is 0 Å². The van der Waals surface area contributed by atoms with Crippen LogP contribution >= 0.6 is 0 Å². The molecule has 0 aliphatic rings. The molecule has 0 amide bonds. The summed E-state index contributed by atoms with van der Waals surface area (Å²) < 4.78 is 23.5. The Bertz CT molecular complexity index is 593. The van der Waals surface area contributed by atoms with Gasteiger partial charge in [0.2, 0.25) is 5.78 Å². The Kier molecular flexibility index (Phi) is 4.35. The van der Waals surface area contributed by atoms with Crippen LogP contribution in [-0.4, -0.2) is 19.0 Å². The molecule has 20 heavy (non-hydrogen) atoms. The Balaban J connectivity index is 2.07. The third kappa shape index (κ3) is 3.35. The van der Waals surface area contributed by atoms with Crippen LogP contribution in [0, 0.1) is 5.82 Å². The van der Waals surface area contributed by atoms with E-state index in [9.17, 15) is 9.18 Å². The SMILES string of the molecule is COc1ccc(C(=O)C(C)Oc2cccc(F)c2)cc1. The topological polar surface area (TPSA) is 35.5 Å². The molecule has 0 radical (unpaired) electrons. The number of carbonyl (C=O) groups is 1. The lowest BCUT2D eigenvalue weighted by Gasteiger charge is -2.14. The zero-order valence-electron chi connectivity index (χ0n) is 11.3. The Morgan fingerprint density at radius 1 is 1.10 bits per heavy atom. The van der Waals surface area contributed by atoms with Gasteiger partial charge in [-0.25, -0.2) is 4.39 Å². The van der Waals surface area contributed by atoms with Crippen molar-refractivity contribution >= 4 is 5.78 Å². The van der Waals surface area contributed by atoms with Gasteiger partial charge in [-0.05, 0) is 43.3 Å². The summed E-state index contributed by atoms with van der Waals surface area (Å²) in [6, 6.07) is 12.5. The minimum absolute atomic E-state index is 0.170. The van der Waals surface area contributed by atoms with Crippen LogP contribution in [-0.2, 0) is 0 Å². The van der Waals surface area contributed by atoms with Gasteiger partial charge in [0.25, 0.3) is 0 Å². The number of hydrogen-bond acceptors (Lipinski definition) is 3. The summed E-state index contributed by atoms with van der Waals surface area (Å²) >= 11 is 0. The monoisotopic (exact) mass is 274 g/mol. The largest absolute Gasteiger partial charge is 0.497 e. The molecule has 0 N–H and O–H groups in total. The molecule has 4 heteroatoms. The van der Waals surface area contributed by atoms with Gasteiger partial charge in [0, 0.05) is 11.6 Å². The third-order valence-corrected chi connectivity index (χ3v) is 2.85. The summed E-state index contributed by atoms with van der Waals surface area (Å²) in [4.78, 5) is 12.2. The standard InChI is InChI=1S/C16H15FO3/c1-11(20-15-5-3-4-13(17)10-15)16(18)12-6-8-14(19-2)9-7-12/h3-11H,1-2H3. The van der Waals surface area contributed by atoms with Crippen LogP contribution in [0.25, 0.3) is 0 Å². The molecule has 2 aromatic carbocycles. The second kappa shape index (κ2) is 6.19. The van der Waals surface area contributed by atoms with Crippen molar-refractivity contribution in [3.05, 3.63) is 59.9 Å². The van der Waals surface area contributed by atoms with E-state index in [1.54, 1.807) is 44.4 Å². The van der Waals surface area contributed by atoms with Gasteiger partial charge in [0.15, 0.2) is 6.10 Å². The summed E-state index contributed by atoms with van der Waals surface area (Å²) in [7, 11) is 1.56. The highest BCUT2D eigenvalue weighted by Crippen LogP contribution is 2.17. The molecule has 0 spiro atoms. The molecule has 0 saturated heterocycles. The van der Waals surface area contributed by atoms with Gasteiger partial charge < -0.3 is 9.47 Å². The van der Waals surface area contributed by atoms with E-state index in [1.807, 2.05) is 0 Å². The Labute approximate surface area is 117 Å². The number of rotatable bonds is 5. The van der Waals surface area contributed by atoms with Gasteiger partial charge in [-0.1, -0.05) is 6.07 Å². The van der Waals surface area contributed by atoms with Crippen LogP contribution in [0.15, 0.2) is 48.5 Å². The number of benzene rings is 2. The highest BCUT2D eigenvalue weighted by atomic mass is 19.1. The average Bonchev–Trinajstić information content (AvgIpc) is 2.46. The first-order chi connectivity index (χ1) is 9.60. The van der Waals surface area contributed by atoms with E-state index < -0.39 is 11.9 Å². The summed E-state index contributed by atoms with van der Waals surface area (Å²) in [6.45, 7) is 1.64. The quantitative estimate of drug-likeness (QED) is 0.783. The minimum atomic E-state index is -0.690. The first-order valence-corrected chi connectivity index (χ1v) is 6.20. The molecule has 2 rings (SSSR count). The van der Waals surface area contributed by atoms with Crippen LogP contribution < -0.4 is 9.47 Å². The molecule has 0 bridgehead atoms. The van der Waals surface area contributed by atoms with Crippen molar-refractivity contribution in [3.8, 4) is 11.5 Å². The summed E-state index contributed by atoms with van der Waals surface area (Å²) in [5.74, 6) is 0.447. The summed E-state index contributed by atoms with van der Waals surface area (Å²) in [6.07, 6.45) is -0.690. The lowest BCUT2D eigenvalue weighted by atomic mass is 10.1. The number of ketones is 1. The summed E-state index contributed by atoms with van der Waals surface area (Å²) in [5, 5.41) is 0. The molecule has 2 aromatic rings. The van der Waals surface area contributed by atoms with Crippen LogP contribution in [0.5, 0.6) is 11.5 Å².